The molecule has 2 heterocycles. The van der Waals surface area contributed by atoms with Gasteiger partial charge in [0.1, 0.15) is 6.07 Å². The zero-order valence-corrected chi connectivity index (χ0v) is 17.7. The second kappa shape index (κ2) is 9.19. The first-order chi connectivity index (χ1) is 15.1. The Labute approximate surface area is 182 Å². The highest BCUT2D eigenvalue weighted by molar-refractivity contribution is 6.39. The molecule has 4 rings (SSSR count). The molecule has 2 aromatic rings. The third kappa shape index (κ3) is 4.54. The number of nitriles is 1. The van der Waals surface area contributed by atoms with Gasteiger partial charge in [-0.05, 0) is 61.7 Å². The number of hydrogen-bond donors (Lipinski definition) is 2. The van der Waals surface area contributed by atoms with Crippen molar-refractivity contribution in [3.63, 3.8) is 0 Å². The van der Waals surface area contributed by atoms with Crippen LogP contribution >= 0.6 is 0 Å². The SMILES string of the molecule is CN1CCc2cc([C@H](CNC(=O)C(=O)Nc3ccccc3C#N)N3CCCC3)ccc21. The van der Waals surface area contributed by atoms with Gasteiger partial charge in [-0.15, -0.1) is 0 Å². The number of hydrogen-bond acceptors (Lipinski definition) is 5. The van der Waals surface area contributed by atoms with Crippen LogP contribution < -0.4 is 15.5 Å². The molecule has 2 aromatic carbocycles. The molecule has 2 N–H and O–H groups in total. The van der Waals surface area contributed by atoms with Gasteiger partial charge in [-0.1, -0.05) is 24.3 Å². The first kappa shape index (κ1) is 20.9. The third-order valence-electron chi connectivity index (χ3n) is 6.16. The van der Waals surface area contributed by atoms with Crippen molar-refractivity contribution in [2.75, 3.05) is 43.4 Å². The first-order valence-electron chi connectivity index (χ1n) is 10.7. The van der Waals surface area contributed by atoms with Crippen LogP contribution in [0.25, 0.3) is 0 Å². The fourth-order valence-corrected chi connectivity index (χ4v) is 4.44. The Kier molecular flexibility index (Phi) is 6.19. The lowest BCUT2D eigenvalue weighted by Crippen LogP contribution is -2.41. The molecule has 0 aromatic heterocycles. The van der Waals surface area contributed by atoms with Gasteiger partial charge in [0, 0.05) is 25.8 Å². The van der Waals surface area contributed by atoms with E-state index in [9.17, 15) is 9.59 Å². The maximum atomic E-state index is 12.5. The van der Waals surface area contributed by atoms with Gasteiger partial charge in [0.2, 0.25) is 0 Å². The van der Waals surface area contributed by atoms with Crippen molar-refractivity contribution < 1.29 is 9.59 Å². The summed E-state index contributed by atoms with van der Waals surface area (Å²) in [5, 5.41) is 14.5. The second-order valence-corrected chi connectivity index (χ2v) is 8.14. The average molecular weight is 418 g/mol. The van der Waals surface area contributed by atoms with Gasteiger partial charge in [-0.2, -0.15) is 5.26 Å². The predicted octanol–water partition coefficient (Wildman–Crippen LogP) is 2.44. The Hall–Kier alpha value is -3.37. The Morgan fingerprint density at radius 2 is 1.87 bits per heavy atom. The van der Waals surface area contributed by atoms with Crippen molar-refractivity contribution >= 4 is 23.2 Å². The summed E-state index contributed by atoms with van der Waals surface area (Å²) in [4.78, 5) is 29.5. The van der Waals surface area contributed by atoms with Crippen molar-refractivity contribution in [1.82, 2.24) is 10.2 Å². The van der Waals surface area contributed by atoms with Crippen LogP contribution in [0.3, 0.4) is 0 Å². The number of benzene rings is 2. The molecule has 0 radical (unpaired) electrons. The number of fused-ring (bicyclic) bond motifs is 1. The molecule has 0 aliphatic carbocycles. The topological polar surface area (TPSA) is 88.5 Å². The van der Waals surface area contributed by atoms with E-state index in [1.807, 2.05) is 6.07 Å². The summed E-state index contributed by atoms with van der Waals surface area (Å²) in [6.45, 7) is 3.35. The van der Waals surface area contributed by atoms with E-state index in [4.69, 9.17) is 5.26 Å². The van der Waals surface area contributed by atoms with E-state index < -0.39 is 11.8 Å². The van der Waals surface area contributed by atoms with Crippen LogP contribution in [0.2, 0.25) is 0 Å². The number of nitrogens with zero attached hydrogens (tertiary/aromatic N) is 3. The maximum absolute atomic E-state index is 12.5. The van der Waals surface area contributed by atoms with E-state index in [1.165, 1.54) is 16.8 Å². The summed E-state index contributed by atoms with van der Waals surface area (Å²) in [5.41, 5.74) is 4.43. The molecule has 0 spiro atoms. The fraction of sp³-hybridized carbons (Fsp3) is 0.375. The number of para-hydroxylation sites is 1. The molecule has 1 atom stereocenters. The summed E-state index contributed by atoms with van der Waals surface area (Å²) < 4.78 is 0. The van der Waals surface area contributed by atoms with E-state index in [0.29, 0.717) is 17.8 Å². The number of anilines is 2. The van der Waals surface area contributed by atoms with Crippen molar-refractivity contribution in [2.24, 2.45) is 0 Å². The predicted molar refractivity (Wildman–Crippen MR) is 120 cm³/mol. The van der Waals surface area contributed by atoms with Crippen LogP contribution in [-0.4, -0.2) is 49.9 Å². The lowest BCUT2D eigenvalue weighted by atomic mass is 10.0. The first-order valence-corrected chi connectivity index (χ1v) is 10.7. The summed E-state index contributed by atoms with van der Waals surface area (Å²) in [6.07, 6.45) is 3.31. The third-order valence-corrected chi connectivity index (χ3v) is 6.16. The fourth-order valence-electron chi connectivity index (χ4n) is 4.44. The van der Waals surface area contributed by atoms with E-state index >= 15 is 0 Å². The van der Waals surface area contributed by atoms with Crippen LogP contribution in [0.1, 0.15) is 35.6 Å². The van der Waals surface area contributed by atoms with Gasteiger partial charge in [0.05, 0.1) is 17.3 Å². The highest BCUT2D eigenvalue weighted by Crippen LogP contribution is 2.32. The normalized spacial score (nSPS) is 16.5. The molecule has 1 fully saturated rings. The molecule has 0 bridgehead atoms. The molecule has 2 aliphatic heterocycles. The Bertz CT molecular complexity index is 1020. The van der Waals surface area contributed by atoms with E-state index in [2.05, 4.69) is 45.7 Å². The van der Waals surface area contributed by atoms with E-state index in [-0.39, 0.29) is 6.04 Å². The van der Waals surface area contributed by atoms with Crippen molar-refractivity contribution in [3.8, 4) is 6.07 Å². The minimum absolute atomic E-state index is 0.0295. The van der Waals surface area contributed by atoms with Gasteiger partial charge in [-0.3, -0.25) is 14.5 Å². The van der Waals surface area contributed by atoms with Crippen LogP contribution in [0.15, 0.2) is 42.5 Å². The molecule has 0 saturated carbocycles. The number of likely N-dealkylation sites (N-methyl/N-ethyl adjacent to an activating group) is 1. The molecular formula is C24H27N5O2. The Morgan fingerprint density at radius 3 is 2.65 bits per heavy atom. The molecule has 7 heteroatoms. The molecule has 160 valence electrons. The van der Waals surface area contributed by atoms with Crippen molar-refractivity contribution in [2.45, 2.75) is 25.3 Å². The van der Waals surface area contributed by atoms with Crippen LogP contribution in [-0.2, 0) is 16.0 Å². The minimum atomic E-state index is -0.765. The zero-order chi connectivity index (χ0) is 21.8. The molecule has 0 unspecified atom stereocenters. The molecule has 2 aliphatic rings. The molecular weight excluding hydrogens is 390 g/mol. The maximum Gasteiger partial charge on any atom is 0.313 e. The lowest BCUT2D eigenvalue weighted by molar-refractivity contribution is -0.136. The lowest BCUT2D eigenvalue weighted by Gasteiger charge is -2.28. The summed E-state index contributed by atoms with van der Waals surface area (Å²) >= 11 is 0. The molecule has 31 heavy (non-hydrogen) atoms. The average Bonchev–Trinajstić information content (AvgIpc) is 3.44. The number of carbonyl (C=O) groups excluding carboxylic acids is 2. The number of nitrogens with one attached hydrogen (secondary N) is 2. The van der Waals surface area contributed by atoms with Gasteiger partial charge in [-0.25, -0.2) is 0 Å². The number of likely N-dealkylation sites (tertiary alicyclic amines) is 1. The Morgan fingerprint density at radius 1 is 1.10 bits per heavy atom. The van der Waals surface area contributed by atoms with Gasteiger partial charge in [0.15, 0.2) is 0 Å². The smallest absolute Gasteiger partial charge is 0.313 e. The summed E-state index contributed by atoms with van der Waals surface area (Å²) in [5.74, 6) is -1.46. The number of carbonyl (C=O) groups is 2. The standard InChI is InChI=1S/C24H27N5O2/c1-28-13-10-18-14-17(8-9-21(18)28)22(29-11-4-5-12-29)16-26-23(30)24(31)27-20-7-3-2-6-19(20)15-25/h2-3,6-9,14,22H,4-5,10-13,16H2,1H3,(H,26,30)(H,27,31)/t22-/m0/s1. The van der Waals surface area contributed by atoms with Crippen LogP contribution in [0.4, 0.5) is 11.4 Å². The van der Waals surface area contributed by atoms with Gasteiger partial charge in [0.25, 0.3) is 0 Å². The number of rotatable bonds is 5. The van der Waals surface area contributed by atoms with Crippen LogP contribution in [0.5, 0.6) is 0 Å². The van der Waals surface area contributed by atoms with Crippen LogP contribution in [0, 0.1) is 11.3 Å². The Balaban J connectivity index is 1.45. The second-order valence-electron chi connectivity index (χ2n) is 8.14. The molecule has 2 amide bonds. The highest BCUT2D eigenvalue weighted by atomic mass is 16.2. The van der Waals surface area contributed by atoms with Gasteiger partial charge < -0.3 is 15.5 Å². The molecule has 7 nitrogen and oxygen atoms in total. The van der Waals surface area contributed by atoms with Crippen molar-refractivity contribution in [1.29, 1.82) is 5.26 Å². The summed E-state index contributed by atoms with van der Waals surface area (Å²) in [7, 11) is 2.10. The zero-order valence-electron chi connectivity index (χ0n) is 17.7. The van der Waals surface area contributed by atoms with E-state index in [1.54, 1.807) is 24.3 Å². The van der Waals surface area contributed by atoms with Crippen molar-refractivity contribution in [3.05, 3.63) is 59.2 Å². The highest BCUT2D eigenvalue weighted by Gasteiger charge is 2.27. The minimum Gasteiger partial charge on any atom is -0.374 e. The van der Waals surface area contributed by atoms with Gasteiger partial charge >= 0.3 is 11.8 Å². The largest absolute Gasteiger partial charge is 0.374 e. The monoisotopic (exact) mass is 417 g/mol. The summed E-state index contributed by atoms with van der Waals surface area (Å²) in [6, 6.07) is 15.2. The molecule has 1 saturated heterocycles. The van der Waals surface area contributed by atoms with E-state index in [0.717, 1.165) is 38.9 Å². The number of amides is 2. The quantitative estimate of drug-likeness (QED) is 0.730.